The first-order valence-electron chi connectivity index (χ1n) is 7.50. The molecule has 0 aromatic rings. The molecule has 0 heterocycles. The largest absolute Gasteiger partial charge is 0.480 e. The van der Waals surface area contributed by atoms with Crippen molar-refractivity contribution < 1.29 is 19.4 Å². The lowest BCUT2D eigenvalue weighted by molar-refractivity contribution is -0.139. The van der Waals surface area contributed by atoms with Crippen LogP contribution in [0.4, 0.5) is 4.79 Å². The Morgan fingerprint density at radius 1 is 1.25 bits per heavy atom. The summed E-state index contributed by atoms with van der Waals surface area (Å²) in [5.41, 5.74) is -0.614. The van der Waals surface area contributed by atoms with Crippen LogP contribution in [0.25, 0.3) is 0 Å². The van der Waals surface area contributed by atoms with Gasteiger partial charge in [-0.25, -0.2) is 9.59 Å². The van der Waals surface area contributed by atoms with E-state index in [2.05, 4.69) is 5.32 Å². The number of rotatable bonds is 8. The summed E-state index contributed by atoms with van der Waals surface area (Å²) >= 11 is 0. The predicted molar refractivity (Wildman–Crippen MR) is 76.6 cm³/mol. The second-order valence-corrected chi connectivity index (χ2v) is 6.62. The van der Waals surface area contributed by atoms with Gasteiger partial charge in [-0.3, -0.25) is 0 Å². The molecule has 0 aromatic carbocycles. The van der Waals surface area contributed by atoms with Crippen molar-refractivity contribution in [2.75, 3.05) is 0 Å². The quantitative estimate of drug-likeness (QED) is 0.671. The molecule has 5 heteroatoms. The lowest BCUT2D eigenvalue weighted by Gasteiger charge is -2.22. The summed E-state index contributed by atoms with van der Waals surface area (Å²) in [4.78, 5) is 22.7. The van der Waals surface area contributed by atoms with Crippen molar-refractivity contribution in [3.8, 4) is 0 Å². The number of alkyl carbamates (subject to hydrolysis) is 1. The average molecular weight is 285 g/mol. The maximum absolute atomic E-state index is 11.6. The van der Waals surface area contributed by atoms with E-state index in [1.54, 1.807) is 20.8 Å². The maximum Gasteiger partial charge on any atom is 0.408 e. The number of amides is 1. The number of unbranched alkanes of at least 4 members (excludes halogenated alkanes) is 2. The lowest BCUT2D eigenvalue weighted by Crippen LogP contribution is -2.43. The van der Waals surface area contributed by atoms with Crippen molar-refractivity contribution in [3.63, 3.8) is 0 Å². The number of carboxylic acids is 1. The summed E-state index contributed by atoms with van der Waals surface area (Å²) < 4.78 is 5.07. The molecule has 1 aliphatic rings. The highest BCUT2D eigenvalue weighted by molar-refractivity contribution is 5.79. The van der Waals surface area contributed by atoms with Crippen molar-refractivity contribution in [1.82, 2.24) is 5.32 Å². The fraction of sp³-hybridized carbons (Fsp3) is 0.867. The molecule has 1 atom stereocenters. The minimum absolute atomic E-state index is 0.458. The molecule has 0 bridgehead atoms. The highest BCUT2D eigenvalue weighted by Gasteiger charge is 2.24. The van der Waals surface area contributed by atoms with E-state index in [1.165, 1.54) is 19.3 Å². The first-order valence-corrected chi connectivity index (χ1v) is 7.50. The fourth-order valence-corrected chi connectivity index (χ4v) is 2.07. The van der Waals surface area contributed by atoms with Crippen molar-refractivity contribution >= 4 is 12.1 Å². The molecule has 1 saturated carbocycles. The van der Waals surface area contributed by atoms with Gasteiger partial charge in [0.1, 0.15) is 11.6 Å². The third-order valence-corrected chi connectivity index (χ3v) is 3.29. The summed E-state index contributed by atoms with van der Waals surface area (Å²) in [7, 11) is 0. The van der Waals surface area contributed by atoms with Gasteiger partial charge in [-0.15, -0.1) is 0 Å². The Bertz CT molecular complexity index is 331. The highest BCUT2D eigenvalue weighted by atomic mass is 16.6. The molecule has 1 amide bonds. The van der Waals surface area contributed by atoms with Crippen LogP contribution in [0, 0.1) is 5.92 Å². The molecule has 0 aromatic heterocycles. The average Bonchev–Trinajstić information content (AvgIpc) is 3.08. The number of hydrogen-bond donors (Lipinski definition) is 2. The molecular formula is C15H27NO4. The Hall–Kier alpha value is -1.26. The number of nitrogens with one attached hydrogen (secondary N) is 1. The predicted octanol–water partition coefficient (Wildman–Crippen LogP) is 3.32. The topological polar surface area (TPSA) is 75.6 Å². The van der Waals surface area contributed by atoms with E-state index in [-0.39, 0.29) is 0 Å². The Morgan fingerprint density at radius 2 is 1.90 bits per heavy atom. The Balaban J connectivity index is 2.21. The molecule has 1 aliphatic carbocycles. The van der Waals surface area contributed by atoms with Gasteiger partial charge in [0, 0.05) is 0 Å². The molecule has 5 nitrogen and oxygen atoms in total. The van der Waals surface area contributed by atoms with Gasteiger partial charge in [0.25, 0.3) is 0 Å². The van der Waals surface area contributed by atoms with Crippen LogP contribution < -0.4 is 5.32 Å². The number of carbonyl (C=O) groups excluding carboxylic acids is 1. The van der Waals surface area contributed by atoms with E-state index in [1.807, 2.05) is 0 Å². The van der Waals surface area contributed by atoms with Crippen LogP contribution in [0.5, 0.6) is 0 Å². The van der Waals surface area contributed by atoms with Gasteiger partial charge in [-0.2, -0.15) is 0 Å². The number of carbonyl (C=O) groups is 2. The SMILES string of the molecule is CC(C)(C)OC(=O)NC(CCCCCC1CC1)C(=O)O. The zero-order valence-corrected chi connectivity index (χ0v) is 12.8. The van der Waals surface area contributed by atoms with Gasteiger partial charge in [0.05, 0.1) is 0 Å². The van der Waals surface area contributed by atoms with Crippen LogP contribution in [-0.2, 0) is 9.53 Å². The minimum Gasteiger partial charge on any atom is -0.480 e. The molecule has 1 unspecified atom stereocenters. The normalized spacial score (nSPS) is 16.6. The molecule has 20 heavy (non-hydrogen) atoms. The fourth-order valence-electron chi connectivity index (χ4n) is 2.07. The first kappa shape index (κ1) is 16.8. The molecule has 0 saturated heterocycles. The molecule has 1 fully saturated rings. The third kappa shape index (κ3) is 8.02. The van der Waals surface area contributed by atoms with Crippen LogP contribution in [0.3, 0.4) is 0 Å². The smallest absolute Gasteiger partial charge is 0.408 e. The van der Waals surface area contributed by atoms with Crippen molar-refractivity contribution in [2.24, 2.45) is 5.92 Å². The Kier molecular flexibility index (Phi) is 6.30. The minimum atomic E-state index is -1.00. The van der Waals surface area contributed by atoms with E-state index in [9.17, 15) is 9.59 Å². The zero-order chi connectivity index (χ0) is 15.2. The zero-order valence-electron chi connectivity index (χ0n) is 12.8. The Labute approximate surface area is 121 Å². The first-order chi connectivity index (χ1) is 9.28. The number of aliphatic carboxylic acids is 1. The number of ether oxygens (including phenoxy) is 1. The summed E-state index contributed by atoms with van der Waals surface area (Å²) in [6, 6.07) is -0.856. The van der Waals surface area contributed by atoms with Crippen LogP contribution in [-0.4, -0.2) is 28.8 Å². The monoisotopic (exact) mass is 285 g/mol. The second-order valence-electron chi connectivity index (χ2n) is 6.62. The van der Waals surface area contributed by atoms with Gasteiger partial charge >= 0.3 is 12.1 Å². The van der Waals surface area contributed by atoms with Crippen LogP contribution >= 0.6 is 0 Å². The van der Waals surface area contributed by atoms with E-state index in [4.69, 9.17) is 9.84 Å². The van der Waals surface area contributed by atoms with E-state index in [0.717, 1.165) is 25.2 Å². The molecule has 116 valence electrons. The summed E-state index contributed by atoms with van der Waals surface area (Å²) in [5, 5.41) is 11.5. The summed E-state index contributed by atoms with van der Waals surface area (Å²) in [6.07, 6.45) is 6.77. The van der Waals surface area contributed by atoms with Gasteiger partial charge in [-0.05, 0) is 33.1 Å². The lowest BCUT2D eigenvalue weighted by atomic mass is 10.1. The van der Waals surface area contributed by atoms with E-state index in [0.29, 0.717) is 6.42 Å². The van der Waals surface area contributed by atoms with Gasteiger partial charge in [0.15, 0.2) is 0 Å². The van der Waals surface area contributed by atoms with Crippen LogP contribution in [0.1, 0.15) is 65.7 Å². The van der Waals surface area contributed by atoms with E-state index >= 15 is 0 Å². The van der Waals surface area contributed by atoms with Crippen LogP contribution in [0.15, 0.2) is 0 Å². The molecule has 0 radical (unpaired) electrons. The number of carboxylic acid groups (broad SMARTS) is 1. The van der Waals surface area contributed by atoms with Crippen LogP contribution in [0.2, 0.25) is 0 Å². The second kappa shape index (κ2) is 7.50. The summed E-state index contributed by atoms with van der Waals surface area (Å²) in [6.45, 7) is 5.25. The van der Waals surface area contributed by atoms with Gasteiger partial charge in [-0.1, -0.05) is 38.5 Å². The molecule has 2 N–H and O–H groups in total. The van der Waals surface area contributed by atoms with E-state index < -0.39 is 23.7 Å². The molecule has 0 spiro atoms. The third-order valence-electron chi connectivity index (χ3n) is 3.29. The maximum atomic E-state index is 11.6. The van der Waals surface area contributed by atoms with Crippen molar-refractivity contribution in [1.29, 1.82) is 0 Å². The standard InChI is InChI=1S/C15H27NO4/c1-15(2,3)20-14(19)16-12(13(17)18)8-6-4-5-7-11-9-10-11/h11-12H,4-10H2,1-3H3,(H,16,19)(H,17,18). The molecular weight excluding hydrogens is 258 g/mol. The van der Waals surface area contributed by atoms with Crippen molar-refractivity contribution in [2.45, 2.75) is 77.4 Å². The molecule has 0 aliphatic heterocycles. The highest BCUT2D eigenvalue weighted by Crippen LogP contribution is 2.34. The van der Waals surface area contributed by atoms with Gasteiger partial charge in [0.2, 0.25) is 0 Å². The Morgan fingerprint density at radius 3 is 2.40 bits per heavy atom. The van der Waals surface area contributed by atoms with Crippen molar-refractivity contribution in [3.05, 3.63) is 0 Å². The van der Waals surface area contributed by atoms with Gasteiger partial charge < -0.3 is 15.2 Å². The number of hydrogen-bond acceptors (Lipinski definition) is 3. The summed E-state index contributed by atoms with van der Waals surface area (Å²) in [5.74, 6) is -0.0804. The molecule has 1 rings (SSSR count).